The molecule has 1 aliphatic heterocycles. The number of hydrogen-bond acceptors (Lipinski definition) is 6. The van der Waals surface area contributed by atoms with E-state index in [0.29, 0.717) is 66.0 Å². The van der Waals surface area contributed by atoms with Crippen molar-refractivity contribution in [2.75, 3.05) is 66.0 Å². The summed E-state index contributed by atoms with van der Waals surface area (Å²) in [6.07, 6.45) is 0. The van der Waals surface area contributed by atoms with Crippen LogP contribution in [0.1, 0.15) is 0 Å². The van der Waals surface area contributed by atoms with Crippen LogP contribution in [0, 0.1) is 0 Å². The molecule has 1 fully saturated rings. The highest BCUT2D eigenvalue weighted by Crippen LogP contribution is 1.84. The summed E-state index contributed by atoms with van der Waals surface area (Å²) in [7, 11) is 0. The van der Waals surface area contributed by atoms with Gasteiger partial charge < -0.3 is 18.9 Å². The van der Waals surface area contributed by atoms with Crippen molar-refractivity contribution in [2.45, 2.75) is 0 Å². The minimum atomic E-state index is 0.531. The van der Waals surface area contributed by atoms with Gasteiger partial charge in [0.15, 0.2) is 0 Å². The Morgan fingerprint density at radius 2 is 0.938 bits per heavy atom. The SMILES string of the molecule is C1COCCOCCOCCOCCON1. The maximum Gasteiger partial charge on any atom is 0.0916 e. The van der Waals surface area contributed by atoms with Gasteiger partial charge in [0.1, 0.15) is 0 Å². The van der Waals surface area contributed by atoms with Crippen LogP contribution in [0.4, 0.5) is 0 Å². The average molecular weight is 235 g/mol. The second kappa shape index (κ2) is 11.3. The molecule has 0 atom stereocenters. The molecule has 1 saturated heterocycles. The Morgan fingerprint density at radius 3 is 1.50 bits per heavy atom. The molecule has 16 heavy (non-hydrogen) atoms. The van der Waals surface area contributed by atoms with Gasteiger partial charge in [0, 0.05) is 6.54 Å². The molecule has 0 unspecified atom stereocenters. The Hall–Kier alpha value is -0.240. The van der Waals surface area contributed by atoms with Crippen molar-refractivity contribution in [3.05, 3.63) is 0 Å². The zero-order valence-corrected chi connectivity index (χ0v) is 9.61. The minimum Gasteiger partial charge on any atom is -0.378 e. The summed E-state index contributed by atoms with van der Waals surface area (Å²) in [4.78, 5) is 5.11. The second-order valence-electron chi connectivity index (χ2n) is 3.19. The Balaban J connectivity index is 2.00. The molecule has 0 aromatic heterocycles. The van der Waals surface area contributed by atoms with E-state index >= 15 is 0 Å². The van der Waals surface area contributed by atoms with Gasteiger partial charge in [-0.3, -0.25) is 4.84 Å². The maximum atomic E-state index is 5.29. The van der Waals surface area contributed by atoms with E-state index in [2.05, 4.69) is 5.48 Å². The molecule has 0 spiro atoms. The van der Waals surface area contributed by atoms with Crippen LogP contribution in [-0.2, 0) is 23.8 Å². The zero-order chi connectivity index (χ0) is 11.3. The van der Waals surface area contributed by atoms with Gasteiger partial charge in [-0.25, -0.2) is 5.48 Å². The van der Waals surface area contributed by atoms with Crippen molar-refractivity contribution in [3.8, 4) is 0 Å². The molecule has 6 nitrogen and oxygen atoms in total. The lowest BCUT2D eigenvalue weighted by atomic mass is 10.6. The van der Waals surface area contributed by atoms with Gasteiger partial charge in [-0.15, -0.1) is 0 Å². The Labute approximate surface area is 96.1 Å². The van der Waals surface area contributed by atoms with Gasteiger partial charge in [-0.2, -0.15) is 0 Å². The van der Waals surface area contributed by atoms with Crippen molar-refractivity contribution < 1.29 is 23.8 Å². The quantitative estimate of drug-likeness (QED) is 0.616. The van der Waals surface area contributed by atoms with Gasteiger partial charge in [0.05, 0.1) is 59.5 Å². The third-order valence-corrected chi connectivity index (χ3v) is 1.90. The molecule has 1 aliphatic rings. The van der Waals surface area contributed by atoms with Crippen molar-refractivity contribution in [2.24, 2.45) is 0 Å². The molecule has 1 N–H and O–H groups in total. The van der Waals surface area contributed by atoms with Gasteiger partial charge in [0.2, 0.25) is 0 Å². The third kappa shape index (κ3) is 9.02. The largest absolute Gasteiger partial charge is 0.378 e. The van der Waals surface area contributed by atoms with E-state index in [1.54, 1.807) is 0 Å². The molecule has 0 bridgehead atoms. The summed E-state index contributed by atoms with van der Waals surface area (Å²) in [5.41, 5.74) is 2.79. The molecule has 0 aromatic rings. The number of hydroxylamine groups is 1. The van der Waals surface area contributed by atoms with Gasteiger partial charge in [-0.05, 0) is 0 Å². The smallest absolute Gasteiger partial charge is 0.0916 e. The maximum absolute atomic E-state index is 5.29. The topological polar surface area (TPSA) is 58.2 Å². The first kappa shape index (κ1) is 13.8. The van der Waals surface area contributed by atoms with E-state index in [-0.39, 0.29) is 0 Å². The number of nitrogens with one attached hydrogen (secondary N) is 1. The molecule has 1 heterocycles. The van der Waals surface area contributed by atoms with Gasteiger partial charge in [-0.1, -0.05) is 0 Å². The van der Waals surface area contributed by atoms with E-state index in [1.807, 2.05) is 0 Å². The molecule has 0 saturated carbocycles. The summed E-state index contributed by atoms with van der Waals surface area (Å²) >= 11 is 0. The zero-order valence-electron chi connectivity index (χ0n) is 9.61. The molecule has 6 heteroatoms. The van der Waals surface area contributed by atoms with Gasteiger partial charge >= 0.3 is 0 Å². The highest BCUT2D eigenvalue weighted by Gasteiger charge is 1.94. The Kier molecular flexibility index (Phi) is 9.72. The van der Waals surface area contributed by atoms with Crippen LogP contribution in [0.5, 0.6) is 0 Å². The highest BCUT2D eigenvalue weighted by molar-refractivity contribution is 4.38. The fourth-order valence-electron chi connectivity index (χ4n) is 1.12. The van der Waals surface area contributed by atoms with Crippen LogP contribution >= 0.6 is 0 Å². The van der Waals surface area contributed by atoms with Crippen molar-refractivity contribution in [1.29, 1.82) is 0 Å². The second-order valence-corrected chi connectivity index (χ2v) is 3.19. The van der Waals surface area contributed by atoms with Crippen molar-refractivity contribution in [3.63, 3.8) is 0 Å². The summed E-state index contributed by atoms with van der Waals surface area (Å²) in [6, 6.07) is 0. The van der Waals surface area contributed by atoms with Crippen LogP contribution in [0.3, 0.4) is 0 Å². The van der Waals surface area contributed by atoms with Crippen molar-refractivity contribution >= 4 is 0 Å². The monoisotopic (exact) mass is 235 g/mol. The molecule has 96 valence electrons. The molecule has 0 aliphatic carbocycles. The Morgan fingerprint density at radius 1 is 0.500 bits per heavy atom. The highest BCUT2D eigenvalue weighted by atomic mass is 16.7. The standard InChI is InChI=1S/C10H21NO5/c1-2-12-3-4-13-5-6-14-7-8-15-9-10-16-11-1/h11H,1-10H2. The predicted octanol–water partition coefficient (Wildman–Crippen LogP) is -0.412. The first-order valence-electron chi connectivity index (χ1n) is 5.66. The van der Waals surface area contributed by atoms with E-state index in [1.165, 1.54) is 0 Å². The molecule has 0 radical (unpaired) electrons. The molecular formula is C10H21NO5. The lowest BCUT2D eigenvalue weighted by Crippen LogP contribution is -2.24. The van der Waals surface area contributed by atoms with Crippen LogP contribution < -0.4 is 5.48 Å². The fraction of sp³-hybridized carbons (Fsp3) is 1.00. The van der Waals surface area contributed by atoms with E-state index in [4.69, 9.17) is 23.8 Å². The minimum absolute atomic E-state index is 0.531. The van der Waals surface area contributed by atoms with Crippen LogP contribution in [0.25, 0.3) is 0 Å². The Bertz CT molecular complexity index is 83.2. The lowest BCUT2D eigenvalue weighted by molar-refractivity contribution is -0.0415. The first-order chi connectivity index (χ1) is 8.00. The molecule has 0 aromatic carbocycles. The first-order valence-corrected chi connectivity index (χ1v) is 5.66. The lowest BCUT2D eigenvalue weighted by Gasteiger charge is -2.10. The summed E-state index contributed by atoms with van der Waals surface area (Å²) in [5.74, 6) is 0. The van der Waals surface area contributed by atoms with E-state index < -0.39 is 0 Å². The fourth-order valence-corrected chi connectivity index (χ4v) is 1.12. The van der Waals surface area contributed by atoms with Crippen LogP contribution in [0.15, 0.2) is 0 Å². The van der Waals surface area contributed by atoms with E-state index in [0.717, 1.165) is 0 Å². The van der Waals surface area contributed by atoms with Crippen molar-refractivity contribution in [1.82, 2.24) is 5.48 Å². The number of hydrogen-bond donors (Lipinski definition) is 1. The van der Waals surface area contributed by atoms with Gasteiger partial charge in [0.25, 0.3) is 0 Å². The summed E-state index contributed by atoms with van der Waals surface area (Å²) in [5, 5.41) is 0. The summed E-state index contributed by atoms with van der Waals surface area (Å²) < 4.78 is 21.1. The third-order valence-electron chi connectivity index (χ3n) is 1.90. The average Bonchev–Trinajstić information content (AvgIpc) is 2.29. The molecule has 1 rings (SSSR count). The van der Waals surface area contributed by atoms with Crippen LogP contribution in [0.2, 0.25) is 0 Å². The normalized spacial score (nSPS) is 24.0. The predicted molar refractivity (Wildman–Crippen MR) is 57.2 cm³/mol. The molecule has 0 amide bonds. The number of rotatable bonds is 0. The van der Waals surface area contributed by atoms with Crippen LogP contribution in [-0.4, -0.2) is 66.0 Å². The van der Waals surface area contributed by atoms with E-state index in [9.17, 15) is 0 Å². The molecular weight excluding hydrogens is 214 g/mol. The number of ether oxygens (including phenoxy) is 4. The summed E-state index contributed by atoms with van der Waals surface area (Å²) in [6.45, 7) is 5.96.